The Morgan fingerprint density at radius 2 is 2.33 bits per heavy atom. The lowest BCUT2D eigenvalue weighted by Crippen LogP contribution is -2.35. The van der Waals surface area contributed by atoms with Crippen molar-refractivity contribution in [3.8, 4) is 0 Å². The average Bonchev–Trinajstić information content (AvgIpc) is 2.08. The summed E-state index contributed by atoms with van der Waals surface area (Å²) < 4.78 is 4.49. The van der Waals surface area contributed by atoms with Crippen LogP contribution in [0.2, 0.25) is 0 Å². The summed E-state index contributed by atoms with van der Waals surface area (Å²) in [5.41, 5.74) is 0. The fourth-order valence-electron chi connectivity index (χ4n) is 0.762. The number of hydrogen-bond acceptors (Lipinski definition) is 5. The predicted molar refractivity (Wildman–Crippen MR) is 41.7 cm³/mol. The quantitative estimate of drug-likeness (QED) is 0.548. The molecule has 1 aliphatic rings. The van der Waals surface area contributed by atoms with Gasteiger partial charge < -0.3 is 4.74 Å². The Kier molecular flexibility index (Phi) is 2.37. The normalized spacial score (nSPS) is 22.1. The highest BCUT2D eigenvalue weighted by Gasteiger charge is 2.22. The van der Waals surface area contributed by atoms with E-state index >= 15 is 0 Å². The van der Waals surface area contributed by atoms with Crippen LogP contribution in [-0.4, -0.2) is 30.2 Å². The van der Waals surface area contributed by atoms with Gasteiger partial charge in [-0.05, 0) is 13.8 Å². The molecule has 1 amide bonds. The van der Waals surface area contributed by atoms with E-state index in [0.717, 1.165) is 5.01 Å². The van der Waals surface area contributed by atoms with E-state index < -0.39 is 6.09 Å². The van der Waals surface area contributed by atoms with Gasteiger partial charge in [0.25, 0.3) is 0 Å². The summed E-state index contributed by atoms with van der Waals surface area (Å²) in [5.74, 6) is 0.443. The second-order valence-corrected chi connectivity index (χ2v) is 2.31. The number of methoxy groups -OCH3 is 1. The van der Waals surface area contributed by atoms with Gasteiger partial charge in [-0.15, -0.1) is 10.2 Å². The minimum Gasteiger partial charge on any atom is -0.451 e. The molecule has 1 aliphatic heterocycles. The maximum absolute atomic E-state index is 11.0. The van der Waals surface area contributed by atoms with Crippen LogP contribution in [0.4, 0.5) is 4.79 Å². The first-order valence-corrected chi connectivity index (χ1v) is 3.48. The maximum Gasteiger partial charge on any atom is 0.432 e. The minimum absolute atomic E-state index is 0.388. The van der Waals surface area contributed by atoms with Crippen LogP contribution < -0.4 is 0 Å². The topological polar surface area (TPSA) is 66.6 Å². The molecule has 0 saturated carbocycles. The largest absolute Gasteiger partial charge is 0.451 e. The lowest BCUT2D eigenvalue weighted by molar-refractivity contribution is 0.108. The molecule has 0 fully saturated rings. The first kappa shape index (κ1) is 8.63. The zero-order valence-corrected chi connectivity index (χ0v) is 7.18. The molecule has 0 aliphatic carbocycles. The van der Waals surface area contributed by atoms with Crippen LogP contribution in [0.25, 0.3) is 0 Å². The van der Waals surface area contributed by atoms with E-state index in [-0.39, 0.29) is 6.17 Å². The number of carbonyl (C=O) groups is 1. The first-order chi connectivity index (χ1) is 5.65. The summed E-state index contributed by atoms with van der Waals surface area (Å²) in [6.07, 6.45) is -0.915. The number of nitrogens with zero attached hydrogens (tertiary/aromatic N) is 4. The Hall–Kier alpha value is -1.46. The van der Waals surface area contributed by atoms with Gasteiger partial charge >= 0.3 is 6.09 Å². The van der Waals surface area contributed by atoms with Crippen LogP contribution in [0, 0.1) is 0 Å². The van der Waals surface area contributed by atoms with Crippen molar-refractivity contribution in [2.45, 2.75) is 20.0 Å². The van der Waals surface area contributed by atoms with Gasteiger partial charge in [-0.3, -0.25) is 0 Å². The molecule has 0 radical (unpaired) electrons. The third-order valence-electron chi connectivity index (χ3n) is 1.34. The van der Waals surface area contributed by atoms with E-state index in [1.165, 1.54) is 7.11 Å². The number of hydrogen-bond donors (Lipinski definition) is 0. The molecule has 0 aromatic heterocycles. The second kappa shape index (κ2) is 3.29. The van der Waals surface area contributed by atoms with Crippen molar-refractivity contribution < 1.29 is 9.53 Å². The number of ether oxygens (including phenoxy) is 1. The predicted octanol–water partition coefficient (Wildman–Crippen LogP) is 1.20. The molecule has 0 aromatic carbocycles. The summed E-state index contributed by atoms with van der Waals surface area (Å²) in [4.78, 5) is 11.0. The van der Waals surface area contributed by atoms with Crippen LogP contribution in [0.5, 0.6) is 0 Å². The third kappa shape index (κ3) is 1.58. The van der Waals surface area contributed by atoms with Gasteiger partial charge in [0.05, 0.1) is 7.11 Å². The molecular weight excluding hydrogens is 160 g/mol. The first-order valence-electron chi connectivity index (χ1n) is 3.48. The zero-order valence-electron chi connectivity index (χ0n) is 7.18. The van der Waals surface area contributed by atoms with Gasteiger partial charge in [-0.2, -0.15) is 10.1 Å². The fraction of sp³-hybridized carbons (Fsp3) is 0.667. The molecule has 0 N–H and O–H groups in total. The van der Waals surface area contributed by atoms with Crippen molar-refractivity contribution in [1.29, 1.82) is 0 Å². The summed E-state index contributed by atoms with van der Waals surface area (Å²) in [6, 6.07) is 0. The third-order valence-corrected chi connectivity index (χ3v) is 1.34. The van der Waals surface area contributed by atoms with E-state index in [1.807, 2.05) is 0 Å². The zero-order chi connectivity index (χ0) is 9.14. The molecule has 0 spiro atoms. The molecular formula is C6H10N4O2. The van der Waals surface area contributed by atoms with E-state index in [1.54, 1.807) is 13.8 Å². The fourth-order valence-corrected chi connectivity index (χ4v) is 0.762. The highest BCUT2D eigenvalue weighted by Crippen LogP contribution is 2.09. The Labute approximate surface area is 69.9 Å². The monoisotopic (exact) mass is 170 g/mol. The van der Waals surface area contributed by atoms with Crippen molar-refractivity contribution in [1.82, 2.24) is 5.01 Å². The lowest BCUT2D eigenvalue weighted by Gasteiger charge is -2.21. The molecule has 6 nitrogen and oxygen atoms in total. The Balaban J connectivity index is 2.77. The van der Waals surface area contributed by atoms with Gasteiger partial charge in [0.1, 0.15) is 0 Å². The van der Waals surface area contributed by atoms with Crippen LogP contribution >= 0.6 is 0 Å². The molecule has 1 unspecified atom stereocenters. The summed E-state index contributed by atoms with van der Waals surface area (Å²) in [7, 11) is 1.30. The van der Waals surface area contributed by atoms with Gasteiger partial charge in [0.15, 0.2) is 12.0 Å². The Bertz CT molecular complexity index is 248. The molecule has 0 aromatic rings. The Morgan fingerprint density at radius 1 is 1.67 bits per heavy atom. The van der Waals surface area contributed by atoms with Gasteiger partial charge in [-0.1, -0.05) is 0 Å². The molecule has 1 heterocycles. The highest BCUT2D eigenvalue weighted by atomic mass is 16.5. The van der Waals surface area contributed by atoms with Crippen molar-refractivity contribution in [3.05, 3.63) is 0 Å². The SMILES string of the molecule is COC(=O)N1N=C(C)N=NC1C. The minimum atomic E-state index is -0.527. The maximum atomic E-state index is 11.0. The summed E-state index contributed by atoms with van der Waals surface area (Å²) in [5, 5.41) is 12.5. The number of rotatable bonds is 0. The Morgan fingerprint density at radius 3 is 2.92 bits per heavy atom. The van der Waals surface area contributed by atoms with E-state index in [4.69, 9.17) is 0 Å². The van der Waals surface area contributed by atoms with Crippen LogP contribution in [0.1, 0.15) is 13.8 Å². The molecule has 0 bridgehead atoms. The van der Waals surface area contributed by atoms with Crippen molar-refractivity contribution in [2.75, 3.05) is 7.11 Å². The van der Waals surface area contributed by atoms with E-state index in [9.17, 15) is 4.79 Å². The average molecular weight is 170 g/mol. The molecule has 12 heavy (non-hydrogen) atoms. The number of amides is 1. The van der Waals surface area contributed by atoms with Crippen LogP contribution in [0.15, 0.2) is 15.3 Å². The number of amidine groups is 1. The summed E-state index contributed by atoms with van der Waals surface area (Å²) >= 11 is 0. The molecule has 1 atom stereocenters. The number of hydrazone groups is 1. The van der Waals surface area contributed by atoms with Gasteiger partial charge in [-0.25, -0.2) is 4.79 Å². The number of carbonyl (C=O) groups excluding carboxylic acids is 1. The van der Waals surface area contributed by atoms with Crippen molar-refractivity contribution in [3.63, 3.8) is 0 Å². The van der Waals surface area contributed by atoms with Gasteiger partial charge in [0, 0.05) is 0 Å². The van der Waals surface area contributed by atoms with Crippen LogP contribution in [0.3, 0.4) is 0 Å². The molecule has 66 valence electrons. The van der Waals surface area contributed by atoms with E-state index in [0.29, 0.717) is 5.84 Å². The molecule has 0 saturated heterocycles. The number of azo groups is 1. The van der Waals surface area contributed by atoms with E-state index in [2.05, 4.69) is 20.1 Å². The van der Waals surface area contributed by atoms with Crippen molar-refractivity contribution >= 4 is 11.9 Å². The van der Waals surface area contributed by atoms with Crippen molar-refractivity contribution in [2.24, 2.45) is 15.3 Å². The van der Waals surface area contributed by atoms with Crippen LogP contribution in [-0.2, 0) is 4.74 Å². The lowest BCUT2D eigenvalue weighted by atomic mass is 10.5. The molecule has 6 heteroatoms. The summed E-state index contributed by atoms with van der Waals surface area (Å²) in [6.45, 7) is 3.36. The second-order valence-electron chi connectivity index (χ2n) is 2.31. The smallest absolute Gasteiger partial charge is 0.432 e. The van der Waals surface area contributed by atoms with Gasteiger partial charge in [0.2, 0.25) is 0 Å². The standard InChI is InChI=1S/C6H10N4O2/c1-4-7-8-5(2)10(9-4)6(11)12-3/h5H,1-3H3. The molecule has 1 rings (SSSR count). The highest BCUT2D eigenvalue weighted by molar-refractivity contribution is 5.82.